The minimum Gasteiger partial charge on any atom is -0.493 e. The molecule has 1 atom stereocenters. The molecule has 12 heteroatoms. The van der Waals surface area contributed by atoms with E-state index in [2.05, 4.69) is 0 Å². The van der Waals surface area contributed by atoms with Crippen LogP contribution in [0.4, 0.5) is 0 Å². The van der Waals surface area contributed by atoms with Gasteiger partial charge in [-0.2, -0.15) is 0 Å². The molecule has 0 saturated carbocycles. The minimum atomic E-state index is -0.908. The summed E-state index contributed by atoms with van der Waals surface area (Å²) in [4.78, 5) is 33.6. The van der Waals surface area contributed by atoms with Crippen molar-refractivity contribution in [3.05, 3.63) is 148 Å². The summed E-state index contributed by atoms with van der Waals surface area (Å²) in [6.45, 7) is 2.02. The van der Waals surface area contributed by atoms with Gasteiger partial charge in [0.05, 0.1) is 42.7 Å². The summed E-state index contributed by atoms with van der Waals surface area (Å²) in [6.07, 6.45) is 1.70. The number of esters is 1. The Morgan fingerprint density at radius 3 is 2.33 bits per heavy atom. The number of aromatic nitrogens is 1. The lowest BCUT2D eigenvalue weighted by Gasteiger charge is -2.26. The summed E-state index contributed by atoms with van der Waals surface area (Å²) in [7, 11) is 3.06. The largest absolute Gasteiger partial charge is 0.493 e. The van der Waals surface area contributed by atoms with Gasteiger partial charge in [0.2, 0.25) is 0 Å². The zero-order valence-electron chi connectivity index (χ0n) is 26.5. The smallest absolute Gasteiger partial charge is 0.338 e. The maximum absolute atomic E-state index is 14.4. The molecular formula is C37H29Cl3N2O6S. The first-order chi connectivity index (χ1) is 23.7. The second kappa shape index (κ2) is 14.9. The summed E-state index contributed by atoms with van der Waals surface area (Å²) in [6, 6.07) is 24.0. The highest BCUT2D eigenvalue weighted by Crippen LogP contribution is 2.38. The van der Waals surface area contributed by atoms with Gasteiger partial charge in [0.25, 0.3) is 5.56 Å². The molecule has 250 valence electrons. The second-order valence-corrected chi connectivity index (χ2v) is 13.0. The Labute approximate surface area is 301 Å². The van der Waals surface area contributed by atoms with Crippen LogP contribution >= 0.6 is 46.1 Å². The fourth-order valence-corrected chi connectivity index (χ4v) is 7.11. The van der Waals surface area contributed by atoms with E-state index in [9.17, 15) is 9.59 Å². The van der Waals surface area contributed by atoms with E-state index in [-0.39, 0.29) is 24.3 Å². The van der Waals surface area contributed by atoms with E-state index in [0.717, 1.165) is 5.56 Å². The molecule has 8 nitrogen and oxygen atoms in total. The van der Waals surface area contributed by atoms with E-state index < -0.39 is 12.0 Å². The Morgan fingerprint density at radius 2 is 1.61 bits per heavy atom. The average molecular weight is 736 g/mol. The SMILES string of the molecule is CCOC(=O)C1=C(c2ccccc2)N=c2s/c(=C\c3cc(Cl)ccc3OCc3ccc(Cl)cc3Cl)c(=O)n2[C@@H]1c1ccc(OC)c(OC)c1. The standard InChI is InChI=1S/C37H29Cl3N2O6S/c1-4-47-36(44)32-33(21-8-6-5-7-9-21)41-37-42(34(32)22-11-14-29(45-2)30(17-22)46-3)35(43)31(49-37)18-24-16-25(38)13-15-28(24)48-20-23-10-12-26(39)19-27(23)40/h5-19,34H,4,20H2,1-3H3/b31-18-/t34-/m1/s1. The third-order valence-electron chi connectivity index (χ3n) is 7.75. The van der Waals surface area contributed by atoms with Gasteiger partial charge in [-0.05, 0) is 61.0 Å². The Hall–Kier alpha value is -4.54. The predicted octanol–water partition coefficient (Wildman–Crippen LogP) is 7.49. The van der Waals surface area contributed by atoms with Gasteiger partial charge in [-0.1, -0.05) is 88.6 Å². The first-order valence-electron chi connectivity index (χ1n) is 15.1. The summed E-state index contributed by atoms with van der Waals surface area (Å²) in [5.41, 5.74) is 2.84. The highest BCUT2D eigenvalue weighted by molar-refractivity contribution is 7.07. The third kappa shape index (κ3) is 7.12. The number of ether oxygens (including phenoxy) is 4. The molecule has 0 fully saturated rings. The lowest BCUT2D eigenvalue weighted by Crippen LogP contribution is -2.40. The molecule has 0 amide bonds. The van der Waals surface area contributed by atoms with Crippen molar-refractivity contribution in [2.45, 2.75) is 19.6 Å². The number of thiazole rings is 1. The molecule has 0 aliphatic carbocycles. The number of carbonyl (C=O) groups excluding carboxylic acids is 1. The number of halogens is 3. The summed E-state index contributed by atoms with van der Waals surface area (Å²) >= 11 is 20.1. The second-order valence-electron chi connectivity index (χ2n) is 10.8. The number of rotatable bonds is 10. The van der Waals surface area contributed by atoms with Crippen molar-refractivity contribution in [1.82, 2.24) is 4.57 Å². The molecule has 49 heavy (non-hydrogen) atoms. The Kier molecular flexibility index (Phi) is 10.5. The quantitative estimate of drug-likeness (QED) is 0.138. The van der Waals surface area contributed by atoms with Gasteiger partial charge in [-0.25, -0.2) is 9.79 Å². The van der Waals surface area contributed by atoms with E-state index in [1.54, 1.807) is 67.6 Å². The van der Waals surface area contributed by atoms with Crippen molar-refractivity contribution >= 4 is 63.9 Å². The monoisotopic (exact) mass is 734 g/mol. The third-order valence-corrected chi connectivity index (χ3v) is 9.56. The van der Waals surface area contributed by atoms with Crippen molar-refractivity contribution in [2.75, 3.05) is 20.8 Å². The van der Waals surface area contributed by atoms with Crippen LogP contribution in [-0.4, -0.2) is 31.4 Å². The van der Waals surface area contributed by atoms with Crippen LogP contribution in [0.25, 0.3) is 11.8 Å². The molecule has 1 aliphatic heterocycles. The van der Waals surface area contributed by atoms with Gasteiger partial charge in [0.15, 0.2) is 16.3 Å². The van der Waals surface area contributed by atoms with Crippen molar-refractivity contribution < 1.29 is 23.7 Å². The lowest BCUT2D eigenvalue weighted by molar-refractivity contribution is -0.138. The maximum atomic E-state index is 14.4. The molecule has 5 aromatic rings. The normalized spacial score (nSPS) is 14.2. The van der Waals surface area contributed by atoms with Crippen LogP contribution in [0.1, 0.15) is 35.2 Å². The van der Waals surface area contributed by atoms with Gasteiger partial charge in [-0.15, -0.1) is 0 Å². The summed E-state index contributed by atoms with van der Waals surface area (Å²) < 4.78 is 24.7. The Morgan fingerprint density at radius 1 is 0.898 bits per heavy atom. The molecule has 0 radical (unpaired) electrons. The topological polar surface area (TPSA) is 88.4 Å². The van der Waals surface area contributed by atoms with Crippen LogP contribution in [0.5, 0.6) is 17.2 Å². The van der Waals surface area contributed by atoms with Gasteiger partial charge in [-0.3, -0.25) is 9.36 Å². The van der Waals surface area contributed by atoms with Gasteiger partial charge in [0, 0.05) is 31.8 Å². The van der Waals surface area contributed by atoms with Crippen LogP contribution in [0.15, 0.2) is 100 Å². The number of methoxy groups -OCH3 is 2. The summed E-state index contributed by atoms with van der Waals surface area (Å²) in [5.74, 6) is 0.822. The van der Waals surface area contributed by atoms with Crippen LogP contribution in [0.2, 0.25) is 15.1 Å². The molecule has 1 aliphatic rings. The van der Waals surface area contributed by atoms with Crippen molar-refractivity contribution in [3.8, 4) is 17.2 Å². The van der Waals surface area contributed by atoms with Crippen molar-refractivity contribution in [1.29, 1.82) is 0 Å². The van der Waals surface area contributed by atoms with E-state index in [0.29, 0.717) is 64.0 Å². The van der Waals surface area contributed by atoms with Crippen LogP contribution in [0, 0.1) is 0 Å². The zero-order chi connectivity index (χ0) is 34.7. The molecule has 0 bridgehead atoms. The molecule has 4 aromatic carbocycles. The number of benzene rings is 4. The number of hydrogen-bond donors (Lipinski definition) is 0. The molecule has 6 rings (SSSR count). The molecule has 0 unspecified atom stereocenters. The molecule has 0 spiro atoms. The van der Waals surface area contributed by atoms with Crippen LogP contribution < -0.4 is 29.1 Å². The highest BCUT2D eigenvalue weighted by Gasteiger charge is 2.35. The van der Waals surface area contributed by atoms with Crippen LogP contribution in [0.3, 0.4) is 0 Å². The molecule has 1 aromatic heterocycles. The minimum absolute atomic E-state index is 0.131. The number of carbonyl (C=O) groups is 1. The number of hydrogen-bond acceptors (Lipinski definition) is 8. The van der Waals surface area contributed by atoms with E-state index in [4.69, 9.17) is 58.7 Å². The first kappa shape index (κ1) is 34.3. The Balaban J connectivity index is 1.55. The predicted molar refractivity (Wildman–Crippen MR) is 193 cm³/mol. The van der Waals surface area contributed by atoms with Crippen molar-refractivity contribution in [3.63, 3.8) is 0 Å². The van der Waals surface area contributed by atoms with E-state index >= 15 is 0 Å². The van der Waals surface area contributed by atoms with Gasteiger partial charge < -0.3 is 18.9 Å². The number of fused-ring (bicyclic) bond motifs is 1. The maximum Gasteiger partial charge on any atom is 0.338 e. The van der Waals surface area contributed by atoms with Crippen molar-refractivity contribution in [2.24, 2.45) is 4.99 Å². The fraction of sp³-hybridized carbons (Fsp3) is 0.162. The Bertz CT molecular complexity index is 2270. The van der Waals surface area contributed by atoms with Gasteiger partial charge >= 0.3 is 5.97 Å². The van der Waals surface area contributed by atoms with Gasteiger partial charge in [0.1, 0.15) is 12.4 Å². The zero-order valence-corrected chi connectivity index (χ0v) is 29.6. The van der Waals surface area contributed by atoms with Crippen LogP contribution in [-0.2, 0) is 16.1 Å². The average Bonchev–Trinajstić information content (AvgIpc) is 3.41. The molecule has 2 heterocycles. The molecule has 0 saturated heterocycles. The highest BCUT2D eigenvalue weighted by atomic mass is 35.5. The first-order valence-corrected chi connectivity index (χ1v) is 17.0. The van der Waals surface area contributed by atoms with E-state index in [1.807, 2.05) is 30.3 Å². The molecule has 0 N–H and O–H groups in total. The number of nitrogens with zero attached hydrogens (tertiary/aromatic N) is 2. The summed E-state index contributed by atoms with van der Waals surface area (Å²) in [5, 5.41) is 1.44. The lowest BCUT2D eigenvalue weighted by atomic mass is 9.93. The fourth-order valence-electron chi connectivity index (χ4n) is 5.48. The van der Waals surface area contributed by atoms with E-state index in [1.165, 1.54) is 30.1 Å². The molecular weight excluding hydrogens is 707 g/mol.